The van der Waals surface area contributed by atoms with Crippen molar-refractivity contribution >= 4 is 5.78 Å². The van der Waals surface area contributed by atoms with Gasteiger partial charge in [-0.25, -0.2) is 4.79 Å². The van der Waals surface area contributed by atoms with E-state index in [-0.39, 0.29) is 40.6 Å². The Balaban J connectivity index is 1.92. The van der Waals surface area contributed by atoms with Gasteiger partial charge in [-0.2, -0.15) is 0 Å². The number of hydrogen-bond donors (Lipinski definition) is 3. The average Bonchev–Trinajstić information content (AvgIpc) is 3.07. The zero-order valence-electron chi connectivity index (χ0n) is 18.8. The van der Waals surface area contributed by atoms with Crippen molar-refractivity contribution in [3.8, 4) is 17.2 Å². The fourth-order valence-corrected chi connectivity index (χ4v) is 5.99. The van der Waals surface area contributed by atoms with Crippen molar-refractivity contribution in [3.05, 3.63) is 50.6 Å². The van der Waals surface area contributed by atoms with Gasteiger partial charge < -0.3 is 33.9 Å². The molecule has 3 N–H and O–H groups in total. The standard InChI is InChI=1S/C24H26O9/c1-5-10-13(30-3)7-11-17(21(10)26)22(27)20-19-12(6-2)33-24(20,29)23(11,28)9-15-18(19)14(31-4)8-16(25)32-15/h7-8,12,19-20,26,28-29H,5-6,9H2,1-4H3/t12-,19-,20?,23+,24+/m0/s1. The van der Waals surface area contributed by atoms with Crippen molar-refractivity contribution in [2.24, 2.45) is 5.92 Å². The number of aromatic hydroxyl groups is 1. The van der Waals surface area contributed by atoms with Gasteiger partial charge in [-0.15, -0.1) is 0 Å². The molecule has 1 aromatic heterocycles. The molecule has 9 nitrogen and oxygen atoms in total. The van der Waals surface area contributed by atoms with E-state index in [1.807, 2.05) is 13.8 Å². The third-order valence-corrected chi connectivity index (χ3v) is 7.43. The van der Waals surface area contributed by atoms with Crippen LogP contribution in [0.1, 0.15) is 59.0 Å². The second-order valence-electron chi connectivity index (χ2n) is 8.82. The number of hydrogen-bond acceptors (Lipinski definition) is 9. The summed E-state index contributed by atoms with van der Waals surface area (Å²) in [5.41, 5.74) is -2.19. The highest BCUT2D eigenvalue weighted by atomic mass is 16.7. The highest BCUT2D eigenvalue weighted by molar-refractivity contribution is 6.06. The molecule has 1 saturated heterocycles. The van der Waals surface area contributed by atoms with Crippen LogP contribution in [0, 0.1) is 5.92 Å². The van der Waals surface area contributed by atoms with Crippen LogP contribution in [0.25, 0.3) is 0 Å². The highest BCUT2D eigenvalue weighted by Gasteiger charge is 2.73. The topological polar surface area (TPSA) is 136 Å². The summed E-state index contributed by atoms with van der Waals surface area (Å²) >= 11 is 0. The number of carbonyl (C=O) groups excluding carboxylic acids is 1. The van der Waals surface area contributed by atoms with Crippen molar-refractivity contribution in [2.45, 2.75) is 56.5 Å². The maximum atomic E-state index is 13.9. The lowest BCUT2D eigenvalue weighted by Crippen LogP contribution is -2.61. The molecule has 1 aliphatic heterocycles. The van der Waals surface area contributed by atoms with Gasteiger partial charge in [-0.1, -0.05) is 13.8 Å². The second-order valence-corrected chi connectivity index (χ2v) is 8.82. The van der Waals surface area contributed by atoms with E-state index in [1.165, 1.54) is 26.4 Å². The second kappa shape index (κ2) is 7.06. The average molecular weight is 458 g/mol. The zero-order valence-corrected chi connectivity index (χ0v) is 18.8. The molecule has 4 bridgehead atoms. The van der Waals surface area contributed by atoms with Crippen LogP contribution >= 0.6 is 0 Å². The van der Waals surface area contributed by atoms with Crippen LogP contribution in [0.15, 0.2) is 21.3 Å². The summed E-state index contributed by atoms with van der Waals surface area (Å²) in [4.78, 5) is 26.2. The van der Waals surface area contributed by atoms with Gasteiger partial charge in [-0.3, -0.25) is 4.79 Å². The van der Waals surface area contributed by atoms with E-state index in [2.05, 4.69) is 0 Å². The van der Waals surface area contributed by atoms with Crippen LogP contribution < -0.4 is 15.1 Å². The van der Waals surface area contributed by atoms with E-state index >= 15 is 0 Å². The van der Waals surface area contributed by atoms with Crippen LogP contribution in [-0.4, -0.2) is 47.2 Å². The van der Waals surface area contributed by atoms with Crippen LogP contribution in [0.4, 0.5) is 0 Å². The van der Waals surface area contributed by atoms with Crippen LogP contribution in [-0.2, 0) is 23.2 Å². The van der Waals surface area contributed by atoms with E-state index < -0.39 is 40.7 Å². The number of fused-ring (bicyclic) bond motifs is 4. The Labute approximate surface area is 189 Å². The Kier molecular flexibility index (Phi) is 4.69. The van der Waals surface area contributed by atoms with Crippen LogP contribution in [0.2, 0.25) is 0 Å². The molecule has 9 heteroatoms. The lowest BCUT2D eigenvalue weighted by atomic mass is 9.64. The van der Waals surface area contributed by atoms with E-state index in [0.717, 1.165) is 0 Å². The molecule has 0 spiro atoms. The van der Waals surface area contributed by atoms with E-state index in [4.69, 9.17) is 18.6 Å². The first-order valence-corrected chi connectivity index (χ1v) is 11.0. The maximum Gasteiger partial charge on any atom is 0.339 e. The number of aliphatic hydroxyl groups is 2. The molecule has 1 fully saturated rings. The molecule has 2 heterocycles. The minimum Gasteiger partial charge on any atom is -0.507 e. The first-order chi connectivity index (χ1) is 15.7. The maximum absolute atomic E-state index is 13.9. The number of rotatable bonds is 4. The summed E-state index contributed by atoms with van der Waals surface area (Å²) in [5, 5.41) is 35.1. The van der Waals surface area contributed by atoms with Crippen molar-refractivity contribution in [1.29, 1.82) is 0 Å². The molecule has 0 saturated carbocycles. The minimum absolute atomic E-state index is 0.0355. The fourth-order valence-electron chi connectivity index (χ4n) is 5.99. The molecule has 3 aliphatic rings. The summed E-state index contributed by atoms with van der Waals surface area (Å²) in [6.07, 6.45) is -0.271. The minimum atomic E-state index is -2.32. The lowest BCUT2D eigenvalue weighted by Gasteiger charge is -2.47. The molecule has 2 aromatic rings. The number of Topliss-reactive ketones (excluding diaryl/α,β-unsaturated/α-hetero) is 1. The highest BCUT2D eigenvalue weighted by Crippen LogP contribution is 2.64. The Morgan fingerprint density at radius 2 is 1.82 bits per heavy atom. The Morgan fingerprint density at radius 3 is 2.42 bits per heavy atom. The quantitative estimate of drug-likeness (QED) is 0.626. The summed E-state index contributed by atoms with van der Waals surface area (Å²) in [6.45, 7) is 3.64. The summed E-state index contributed by atoms with van der Waals surface area (Å²) in [6, 6.07) is 2.62. The number of ketones is 1. The number of benzene rings is 1. The van der Waals surface area contributed by atoms with Gasteiger partial charge in [0.05, 0.1) is 37.9 Å². The molecule has 176 valence electrons. The van der Waals surface area contributed by atoms with Gasteiger partial charge in [0.15, 0.2) is 11.4 Å². The van der Waals surface area contributed by atoms with Crippen LogP contribution in [0.5, 0.6) is 17.2 Å². The van der Waals surface area contributed by atoms with E-state index in [0.29, 0.717) is 24.0 Å². The third-order valence-electron chi connectivity index (χ3n) is 7.43. The third kappa shape index (κ3) is 2.52. The zero-order chi connectivity index (χ0) is 23.9. The van der Waals surface area contributed by atoms with Crippen molar-refractivity contribution in [2.75, 3.05) is 14.2 Å². The Morgan fingerprint density at radius 1 is 1.12 bits per heavy atom. The van der Waals surface area contributed by atoms with Gasteiger partial charge in [0.2, 0.25) is 5.79 Å². The predicted molar refractivity (Wildman–Crippen MR) is 114 cm³/mol. The first kappa shape index (κ1) is 21.9. The van der Waals surface area contributed by atoms with Gasteiger partial charge in [0.25, 0.3) is 0 Å². The number of ether oxygens (including phenoxy) is 3. The molecule has 0 radical (unpaired) electrons. The predicted octanol–water partition coefficient (Wildman–Crippen LogP) is 1.76. The fraction of sp³-hybridized carbons (Fsp3) is 0.500. The number of phenols is 1. The molecule has 1 unspecified atom stereocenters. The van der Waals surface area contributed by atoms with Gasteiger partial charge >= 0.3 is 5.63 Å². The van der Waals surface area contributed by atoms with E-state index in [1.54, 1.807) is 0 Å². The first-order valence-electron chi connectivity index (χ1n) is 11.0. The molecule has 1 aromatic carbocycles. The molecule has 0 amide bonds. The smallest absolute Gasteiger partial charge is 0.339 e. The molecular weight excluding hydrogens is 432 g/mol. The molecule has 2 aliphatic carbocycles. The normalized spacial score (nSPS) is 31.6. The number of methoxy groups -OCH3 is 2. The van der Waals surface area contributed by atoms with Gasteiger partial charge in [0.1, 0.15) is 23.0 Å². The summed E-state index contributed by atoms with van der Waals surface area (Å²) < 4.78 is 22.4. The summed E-state index contributed by atoms with van der Waals surface area (Å²) in [7, 11) is 2.80. The molecular formula is C24H26O9. The SMILES string of the molecule is CCc1c(OC)cc2c(c1O)C(=O)C1[C@@H]3c4c(OC)cc(=O)oc4C[C@]2(O)[C@]1(O)O[C@H]3CC. The largest absolute Gasteiger partial charge is 0.507 e. The number of carbonyl (C=O) groups is 1. The van der Waals surface area contributed by atoms with Crippen LogP contribution in [0.3, 0.4) is 0 Å². The number of phenolic OH excluding ortho intramolecular Hbond substituents is 1. The van der Waals surface area contributed by atoms with Gasteiger partial charge in [0, 0.05) is 29.0 Å². The Hall–Kier alpha value is -2.88. The van der Waals surface area contributed by atoms with E-state index in [9.17, 15) is 24.9 Å². The lowest BCUT2D eigenvalue weighted by molar-refractivity contribution is -0.309. The van der Waals surface area contributed by atoms with Gasteiger partial charge in [-0.05, 0) is 18.9 Å². The van der Waals surface area contributed by atoms with Crippen molar-refractivity contribution in [1.82, 2.24) is 0 Å². The van der Waals surface area contributed by atoms with Crippen molar-refractivity contribution in [3.63, 3.8) is 0 Å². The molecule has 33 heavy (non-hydrogen) atoms. The molecule has 5 rings (SSSR count). The monoisotopic (exact) mass is 458 g/mol. The van der Waals surface area contributed by atoms with Crippen molar-refractivity contribution < 1.29 is 38.7 Å². The Bertz CT molecular complexity index is 1230. The molecule has 5 atom stereocenters. The summed E-state index contributed by atoms with van der Waals surface area (Å²) in [5.74, 6) is -4.65.